The summed E-state index contributed by atoms with van der Waals surface area (Å²) in [5.74, 6) is 0. The summed E-state index contributed by atoms with van der Waals surface area (Å²) < 4.78 is 33.7. The Morgan fingerprint density at radius 2 is 2.11 bits per heavy atom. The molecule has 7 nitrogen and oxygen atoms in total. The molecule has 0 saturated carbocycles. The van der Waals surface area contributed by atoms with Crippen LogP contribution < -0.4 is 16.4 Å². The Hall–Kier alpha value is -1.35. The third-order valence-corrected chi connectivity index (χ3v) is 3.15. The minimum atomic E-state index is -4.40. The molecule has 5 N–H and O–H groups in total. The number of anilines is 2. The van der Waals surface area contributed by atoms with Gasteiger partial charge < -0.3 is 16.4 Å². The monoisotopic (exact) mass is 289 g/mol. The minimum Gasteiger partial charge on any atom is -0.398 e. The standard InChI is InChI=1S/C11H19N3O4S/c1-2-14(5-6-18-19(15,16)17)10-3-4-11(13)9(7-10)8-12/h3-4,7H,2,5-6,8,12-13H2,1H3,(H,15,16,17). The molecule has 0 aliphatic carbocycles. The number of likely N-dealkylation sites (N-methyl/N-ethyl adjacent to an activating group) is 1. The van der Waals surface area contributed by atoms with Gasteiger partial charge in [-0.1, -0.05) is 0 Å². The molecule has 1 rings (SSSR count). The lowest BCUT2D eigenvalue weighted by Gasteiger charge is -2.23. The SMILES string of the molecule is CCN(CCOS(=O)(=O)O)c1ccc(N)c(CN)c1. The van der Waals surface area contributed by atoms with Gasteiger partial charge in [-0.3, -0.25) is 4.55 Å². The normalized spacial score (nSPS) is 11.5. The number of nitrogens with two attached hydrogens (primary N) is 2. The van der Waals surface area contributed by atoms with Gasteiger partial charge in [0.1, 0.15) is 0 Å². The van der Waals surface area contributed by atoms with Crippen LogP contribution in [0.3, 0.4) is 0 Å². The Labute approximate surface area is 113 Å². The van der Waals surface area contributed by atoms with E-state index in [1.165, 1.54) is 0 Å². The van der Waals surface area contributed by atoms with Crippen LogP contribution in [-0.4, -0.2) is 32.7 Å². The van der Waals surface area contributed by atoms with E-state index in [4.69, 9.17) is 16.0 Å². The lowest BCUT2D eigenvalue weighted by Crippen LogP contribution is -2.28. The average molecular weight is 289 g/mol. The molecular weight excluding hydrogens is 270 g/mol. The van der Waals surface area contributed by atoms with E-state index >= 15 is 0 Å². The van der Waals surface area contributed by atoms with Gasteiger partial charge in [-0.25, -0.2) is 4.18 Å². The lowest BCUT2D eigenvalue weighted by molar-refractivity contribution is 0.274. The Kier molecular flexibility index (Phi) is 5.55. The topological polar surface area (TPSA) is 119 Å². The zero-order valence-electron chi connectivity index (χ0n) is 10.7. The molecular formula is C11H19N3O4S. The van der Waals surface area contributed by atoms with Gasteiger partial charge in [0.15, 0.2) is 0 Å². The molecule has 0 bridgehead atoms. The molecule has 0 aromatic heterocycles. The van der Waals surface area contributed by atoms with Gasteiger partial charge in [-0.2, -0.15) is 8.42 Å². The van der Waals surface area contributed by atoms with Crippen molar-refractivity contribution in [1.29, 1.82) is 0 Å². The number of nitrogen functional groups attached to an aromatic ring is 1. The highest BCUT2D eigenvalue weighted by Crippen LogP contribution is 2.20. The molecule has 0 amide bonds. The van der Waals surface area contributed by atoms with E-state index in [-0.39, 0.29) is 6.61 Å². The summed E-state index contributed by atoms with van der Waals surface area (Å²) in [5, 5.41) is 0. The summed E-state index contributed by atoms with van der Waals surface area (Å²) in [6.07, 6.45) is 0. The quantitative estimate of drug-likeness (QED) is 0.490. The molecule has 0 fully saturated rings. The van der Waals surface area contributed by atoms with E-state index in [1.54, 1.807) is 6.07 Å². The van der Waals surface area contributed by atoms with Crippen LogP contribution in [0, 0.1) is 0 Å². The van der Waals surface area contributed by atoms with Crippen LogP contribution in [0.4, 0.5) is 11.4 Å². The average Bonchev–Trinajstić information content (AvgIpc) is 2.34. The Morgan fingerprint density at radius 3 is 2.63 bits per heavy atom. The molecule has 0 aliphatic heterocycles. The lowest BCUT2D eigenvalue weighted by atomic mass is 10.1. The molecule has 19 heavy (non-hydrogen) atoms. The Balaban J connectivity index is 2.74. The summed E-state index contributed by atoms with van der Waals surface area (Å²) >= 11 is 0. The van der Waals surface area contributed by atoms with E-state index in [0.717, 1.165) is 11.3 Å². The summed E-state index contributed by atoms with van der Waals surface area (Å²) in [4.78, 5) is 1.89. The predicted octanol–water partition coefficient (Wildman–Crippen LogP) is 0.373. The van der Waals surface area contributed by atoms with E-state index in [0.29, 0.717) is 25.3 Å². The highest BCUT2D eigenvalue weighted by atomic mass is 32.3. The van der Waals surface area contributed by atoms with Gasteiger partial charge in [0, 0.05) is 31.0 Å². The summed E-state index contributed by atoms with van der Waals surface area (Å²) in [5.41, 5.74) is 13.7. The first-order chi connectivity index (χ1) is 8.87. The summed E-state index contributed by atoms with van der Waals surface area (Å²) in [6, 6.07) is 5.43. The van der Waals surface area contributed by atoms with Crippen LogP contribution in [0.5, 0.6) is 0 Å². The van der Waals surface area contributed by atoms with Crippen molar-refractivity contribution in [2.24, 2.45) is 5.73 Å². The van der Waals surface area contributed by atoms with Crippen molar-refractivity contribution in [2.45, 2.75) is 13.5 Å². The van der Waals surface area contributed by atoms with Gasteiger partial charge in [-0.05, 0) is 30.7 Å². The first-order valence-corrected chi connectivity index (χ1v) is 7.19. The van der Waals surface area contributed by atoms with Crippen LogP contribution in [-0.2, 0) is 21.1 Å². The van der Waals surface area contributed by atoms with Crippen molar-refractivity contribution in [1.82, 2.24) is 0 Å². The first-order valence-electron chi connectivity index (χ1n) is 5.82. The van der Waals surface area contributed by atoms with Gasteiger partial charge in [-0.15, -0.1) is 0 Å². The fraction of sp³-hybridized carbons (Fsp3) is 0.455. The van der Waals surface area contributed by atoms with Crippen LogP contribution in [0.25, 0.3) is 0 Å². The fourth-order valence-corrected chi connectivity index (χ4v) is 1.97. The highest BCUT2D eigenvalue weighted by molar-refractivity contribution is 7.80. The van der Waals surface area contributed by atoms with Crippen LogP contribution in [0.2, 0.25) is 0 Å². The van der Waals surface area contributed by atoms with E-state index < -0.39 is 10.4 Å². The van der Waals surface area contributed by atoms with Crippen molar-refractivity contribution < 1.29 is 17.2 Å². The molecule has 0 heterocycles. The zero-order valence-corrected chi connectivity index (χ0v) is 11.6. The van der Waals surface area contributed by atoms with Crippen molar-refractivity contribution >= 4 is 21.8 Å². The summed E-state index contributed by atoms with van der Waals surface area (Å²) in [7, 11) is -4.40. The molecule has 1 aromatic rings. The van der Waals surface area contributed by atoms with Gasteiger partial charge in [0.25, 0.3) is 0 Å². The van der Waals surface area contributed by atoms with Crippen LogP contribution in [0.15, 0.2) is 18.2 Å². The van der Waals surface area contributed by atoms with Crippen molar-refractivity contribution in [3.8, 4) is 0 Å². The first kappa shape index (κ1) is 15.7. The Morgan fingerprint density at radius 1 is 1.42 bits per heavy atom. The third kappa shape index (κ3) is 5.03. The maximum absolute atomic E-state index is 10.5. The van der Waals surface area contributed by atoms with Crippen molar-refractivity contribution in [3.05, 3.63) is 23.8 Å². The fourth-order valence-electron chi connectivity index (χ4n) is 1.69. The number of nitrogens with zero attached hydrogens (tertiary/aromatic N) is 1. The molecule has 0 aliphatic rings. The molecule has 0 radical (unpaired) electrons. The minimum absolute atomic E-state index is 0.130. The van der Waals surface area contributed by atoms with Crippen LogP contribution in [0.1, 0.15) is 12.5 Å². The van der Waals surface area contributed by atoms with E-state index in [2.05, 4.69) is 4.18 Å². The second-order valence-corrected chi connectivity index (χ2v) is 5.01. The number of hydrogen-bond acceptors (Lipinski definition) is 6. The van der Waals surface area contributed by atoms with Crippen molar-refractivity contribution in [2.75, 3.05) is 30.3 Å². The predicted molar refractivity (Wildman–Crippen MR) is 74.1 cm³/mol. The maximum Gasteiger partial charge on any atom is 0.397 e. The zero-order chi connectivity index (χ0) is 14.5. The van der Waals surface area contributed by atoms with Gasteiger partial charge in [0.05, 0.1) is 6.61 Å². The molecule has 0 atom stereocenters. The van der Waals surface area contributed by atoms with Gasteiger partial charge in [0.2, 0.25) is 0 Å². The van der Waals surface area contributed by atoms with Crippen LogP contribution >= 0.6 is 0 Å². The Bertz CT molecular complexity index is 519. The molecule has 0 unspecified atom stereocenters. The largest absolute Gasteiger partial charge is 0.398 e. The second-order valence-electron chi connectivity index (χ2n) is 3.92. The maximum atomic E-state index is 10.5. The summed E-state index contributed by atoms with van der Waals surface area (Å²) in [6.45, 7) is 3.10. The van der Waals surface area contributed by atoms with Crippen molar-refractivity contribution in [3.63, 3.8) is 0 Å². The number of rotatable bonds is 7. The highest BCUT2D eigenvalue weighted by Gasteiger charge is 2.09. The van der Waals surface area contributed by atoms with E-state index in [9.17, 15) is 8.42 Å². The second kappa shape index (κ2) is 6.71. The molecule has 0 saturated heterocycles. The molecule has 1 aromatic carbocycles. The smallest absolute Gasteiger partial charge is 0.397 e. The molecule has 108 valence electrons. The molecule has 0 spiro atoms. The molecule has 8 heteroatoms. The van der Waals surface area contributed by atoms with E-state index in [1.807, 2.05) is 24.0 Å². The van der Waals surface area contributed by atoms with Gasteiger partial charge >= 0.3 is 10.4 Å². The number of benzene rings is 1. The third-order valence-electron chi connectivity index (χ3n) is 2.69. The number of hydrogen-bond donors (Lipinski definition) is 3.